The highest BCUT2D eigenvalue weighted by Crippen LogP contribution is 2.24. The van der Waals surface area contributed by atoms with Crippen LogP contribution in [-0.4, -0.2) is 33.4 Å². The molecule has 0 aliphatic heterocycles. The van der Waals surface area contributed by atoms with Crippen LogP contribution in [0.3, 0.4) is 0 Å². The van der Waals surface area contributed by atoms with Gasteiger partial charge in [-0.05, 0) is 18.9 Å². The molecule has 0 spiro atoms. The molecule has 5 heteroatoms. The zero-order valence-electron chi connectivity index (χ0n) is 9.88. The average molecular weight is 237 g/mol. The molecule has 2 unspecified atom stereocenters. The van der Waals surface area contributed by atoms with Gasteiger partial charge in [-0.2, -0.15) is 5.10 Å². The Kier molecular flexibility index (Phi) is 4.14. The van der Waals surface area contributed by atoms with E-state index in [9.17, 15) is 4.79 Å². The van der Waals surface area contributed by atoms with Crippen molar-refractivity contribution in [1.29, 1.82) is 0 Å². The minimum Gasteiger partial charge on any atom is -0.396 e. The summed E-state index contributed by atoms with van der Waals surface area (Å²) in [6, 6.07) is 2.00. The molecule has 17 heavy (non-hydrogen) atoms. The van der Waals surface area contributed by atoms with Crippen molar-refractivity contribution < 1.29 is 9.90 Å². The molecule has 0 aromatic carbocycles. The van der Waals surface area contributed by atoms with Crippen molar-refractivity contribution in [2.75, 3.05) is 6.61 Å². The molecule has 0 bridgehead atoms. The molecule has 1 aromatic heterocycles. The van der Waals surface area contributed by atoms with E-state index in [-0.39, 0.29) is 24.5 Å². The Balaban J connectivity index is 1.73. The number of nitrogens with one attached hydrogen (secondary N) is 1. The summed E-state index contributed by atoms with van der Waals surface area (Å²) in [5.74, 6) is 0.287. The van der Waals surface area contributed by atoms with Gasteiger partial charge in [0, 0.05) is 43.9 Å². The number of aliphatic hydroxyl groups is 1. The van der Waals surface area contributed by atoms with Crippen LogP contribution in [0.2, 0.25) is 0 Å². The summed E-state index contributed by atoms with van der Waals surface area (Å²) in [6.07, 6.45) is 7.08. The average Bonchev–Trinajstić information content (AvgIpc) is 2.97. The Morgan fingerprint density at radius 3 is 3.12 bits per heavy atom. The van der Waals surface area contributed by atoms with Gasteiger partial charge in [-0.3, -0.25) is 9.48 Å². The number of hydrogen-bond donors (Lipinski definition) is 2. The second-order valence-corrected chi connectivity index (χ2v) is 4.57. The lowest BCUT2D eigenvalue weighted by atomic mass is 10.1. The number of amides is 1. The minimum absolute atomic E-state index is 0.0471. The summed E-state index contributed by atoms with van der Waals surface area (Å²) < 4.78 is 1.75. The quantitative estimate of drug-likeness (QED) is 0.786. The Hall–Kier alpha value is -1.36. The van der Waals surface area contributed by atoms with Crippen LogP contribution in [0.1, 0.15) is 25.7 Å². The number of carbonyl (C=O) groups excluding carboxylic acids is 1. The molecule has 1 saturated carbocycles. The third-order valence-electron chi connectivity index (χ3n) is 3.37. The van der Waals surface area contributed by atoms with Crippen molar-refractivity contribution in [2.45, 2.75) is 38.3 Å². The van der Waals surface area contributed by atoms with Crippen LogP contribution in [0.4, 0.5) is 0 Å². The first kappa shape index (κ1) is 12.1. The Labute approximate surface area is 101 Å². The zero-order valence-corrected chi connectivity index (χ0v) is 9.88. The van der Waals surface area contributed by atoms with Crippen molar-refractivity contribution >= 4 is 5.91 Å². The van der Waals surface area contributed by atoms with Gasteiger partial charge in [-0.15, -0.1) is 0 Å². The van der Waals surface area contributed by atoms with Gasteiger partial charge in [0.1, 0.15) is 0 Å². The van der Waals surface area contributed by atoms with Gasteiger partial charge in [0.05, 0.1) is 0 Å². The van der Waals surface area contributed by atoms with Crippen LogP contribution >= 0.6 is 0 Å². The Bertz CT molecular complexity index is 351. The predicted octanol–water partition coefficient (Wildman–Crippen LogP) is 0.550. The van der Waals surface area contributed by atoms with Crippen LogP contribution in [-0.2, 0) is 11.3 Å². The monoisotopic (exact) mass is 237 g/mol. The lowest BCUT2D eigenvalue weighted by molar-refractivity contribution is -0.122. The van der Waals surface area contributed by atoms with Crippen molar-refractivity contribution in [1.82, 2.24) is 15.1 Å². The molecule has 0 radical (unpaired) electrons. The predicted molar refractivity (Wildman–Crippen MR) is 63.2 cm³/mol. The standard InChI is InChI=1S/C12H19N3O2/c16-9-10-3-1-4-11(10)14-12(17)5-8-15-7-2-6-13-15/h2,6-7,10-11,16H,1,3-5,8-9H2,(H,14,17). The summed E-state index contributed by atoms with van der Waals surface area (Å²) in [4.78, 5) is 11.7. The second kappa shape index (κ2) is 5.82. The number of carbonyl (C=O) groups is 1. The molecular weight excluding hydrogens is 218 g/mol. The number of aryl methyl sites for hydroxylation is 1. The van der Waals surface area contributed by atoms with Gasteiger partial charge in [0.25, 0.3) is 0 Å². The van der Waals surface area contributed by atoms with E-state index in [1.165, 1.54) is 0 Å². The summed E-state index contributed by atoms with van der Waals surface area (Å²) in [5, 5.41) is 16.2. The van der Waals surface area contributed by atoms with Gasteiger partial charge in [0.15, 0.2) is 0 Å². The number of nitrogens with zero attached hydrogens (tertiary/aromatic N) is 2. The molecule has 1 aliphatic carbocycles. The fourth-order valence-electron chi connectivity index (χ4n) is 2.37. The minimum atomic E-state index is 0.0471. The molecule has 1 fully saturated rings. The van der Waals surface area contributed by atoms with Crippen LogP contribution in [0.15, 0.2) is 18.5 Å². The highest BCUT2D eigenvalue weighted by molar-refractivity contribution is 5.76. The molecule has 1 aliphatic rings. The third kappa shape index (κ3) is 3.30. The first-order chi connectivity index (χ1) is 8.29. The second-order valence-electron chi connectivity index (χ2n) is 4.57. The van der Waals surface area contributed by atoms with Crippen LogP contribution in [0.5, 0.6) is 0 Å². The van der Waals surface area contributed by atoms with E-state index >= 15 is 0 Å². The van der Waals surface area contributed by atoms with Crippen LogP contribution in [0, 0.1) is 5.92 Å². The van der Waals surface area contributed by atoms with Gasteiger partial charge < -0.3 is 10.4 Å². The fraction of sp³-hybridized carbons (Fsp3) is 0.667. The highest BCUT2D eigenvalue weighted by atomic mass is 16.3. The summed E-state index contributed by atoms with van der Waals surface area (Å²) in [6.45, 7) is 0.777. The van der Waals surface area contributed by atoms with Crippen LogP contribution < -0.4 is 5.32 Å². The Morgan fingerprint density at radius 2 is 2.41 bits per heavy atom. The molecule has 94 valence electrons. The van der Waals surface area contributed by atoms with E-state index in [2.05, 4.69) is 10.4 Å². The zero-order chi connectivity index (χ0) is 12.1. The molecule has 2 rings (SSSR count). The third-order valence-corrected chi connectivity index (χ3v) is 3.37. The maximum absolute atomic E-state index is 11.7. The van der Waals surface area contributed by atoms with Gasteiger partial charge in [-0.1, -0.05) is 6.42 Å². The molecule has 2 atom stereocenters. The van der Waals surface area contributed by atoms with E-state index in [0.29, 0.717) is 13.0 Å². The summed E-state index contributed by atoms with van der Waals surface area (Å²) in [5.41, 5.74) is 0. The van der Waals surface area contributed by atoms with E-state index < -0.39 is 0 Å². The molecular formula is C12H19N3O2. The number of rotatable bonds is 5. The first-order valence-electron chi connectivity index (χ1n) is 6.17. The number of aliphatic hydroxyl groups excluding tert-OH is 1. The largest absolute Gasteiger partial charge is 0.396 e. The highest BCUT2D eigenvalue weighted by Gasteiger charge is 2.27. The fourth-order valence-corrected chi connectivity index (χ4v) is 2.37. The van der Waals surface area contributed by atoms with Crippen molar-refractivity contribution in [3.8, 4) is 0 Å². The molecule has 5 nitrogen and oxygen atoms in total. The molecule has 2 N–H and O–H groups in total. The summed E-state index contributed by atoms with van der Waals surface area (Å²) in [7, 11) is 0. The van der Waals surface area contributed by atoms with Crippen LogP contribution in [0.25, 0.3) is 0 Å². The van der Waals surface area contributed by atoms with Crippen molar-refractivity contribution in [2.24, 2.45) is 5.92 Å². The SMILES string of the molecule is O=C(CCn1cccn1)NC1CCCC1CO. The van der Waals surface area contributed by atoms with Gasteiger partial charge >= 0.3 is 0 Å². The number of hydrogen-bond acceptors (Lipinski definition) is 3. The normalized spacial score (nSPS) is 23.8. The van der Waals surface area contributed by atoms with E-state index in [0.717, 1.165) is 19.3 Å². The maximum atomic E-state index is 11.7. The first-order valence-corrected chi connectivity index (χ1v) is 6.17. The lowest BCUT2D eigenvalue weighted by Crippen LogP contribution is -2.38. The molecule has 1 aromatic rings. The van der Waals surface area contributed by atoms with Gasteiger partial charge in [-0.25, -0.2) is 0 Å². The van der Waals surface area contributed by atoms with E-state index in [1.807, 2.05) is 12.3 Å². The Morgan fingerprint density at radius 1 is 1.53 bits per heavy atom. The maximum Gasteiger partial charge on any atom is 0.222 e. The summed E-state index contributed by atoms with van der Waals surface area (Å²) >= 11 is 0. The lowest BCUT2D eigenvalue weighted by Gasteiger charge is -2.18. The smallest absolute Gasteiger partial charge is 0.222 e. The molecule has 0 saturated heterocycles. The van der Waals surface area contributed by atoms with E-state index in [4.69, 9.17) is 5.11 Å². The van der Waals surface area contributed by atoms with Crippen molar-refractivity contribution in [3.05, 3.63) is 18.5 Å². The molecule has 1 amide bonds. The van der Waals surface area contributed by atoms with E-state index in [1.54, 1.807) is 10.9 Å². The van der Waals surface area contributed by atoms with Gasteiger partial charge in [0.2, 0.25) is 5.91 Å². The number of aromatic nitrogens is 2. The van der Waals surface area contributed by atoms with Crippen molar-refractivity contribution in [3.63, 3.8) is 0 Å². The topological polar surface area (TPSA) is 67.2 Å². The molecule has 1 heterocycles.